The summed E-state index contributed by atoms with van der Waals surface area (Å²) in [6, 6.07) is 0. The molecule has 0 aliphatic carbocycles. The van der Waals surface area contributed by atoms with Crippen LogP contribution >= 0.6 is 36.7 Å². The highest BCUT2D eigenvalue weighted by atomic mass is 32.1. The number of nitrogens with one attached hydrogen (secondary N) is 3. The fourth-order valence-electron chi connectivity index (χ4n) is 3.01. The number of aromatic amines is 3. The molecule has 0 unspecified atom stereocenters. The topological polar surface area (TPSA) is 47.4 Å². The third-order valence-corrected chi connectivity index (χ3v) is 5.99. The van der Waals surface area contributed by atoms with Crippen LogP contribution in [0.5, 0.6) is 0 Å². The van der Waals surface area contributed by atoms with Crippen LogP contribution in [0.15, 0.2) is 0 Å². The Hall–Kier alpha value is -0.370. The van der Waals surface area contributed by atoms with Gasteiger partial charge in [-0.2, -0.15) is 0 Å². The normalized spacial score (nSPS) is 11.1. The van der Waals surface area contributed by atoms with Gasteiger partial charge in [-0.3, -0.25) is 10.2 Å². The largest absolute Gasteiger partial charge is 0.324 e. The zero-order valence-electron chi connectivity index (χ0n) is 17.2. The van der Waals surface area contributed by atoms with Crippen LogP contribution in [0.25, 0.3) is 0 Å². The standard InChI is InChI=1S/C16H36N.C3H3N3S3/c1-5-9-13-17(14-10-6-2,15-11-7-3)16-12-8-4;7-1-2(8)4-6-5-3(1)9/h5-16H2,1-4H3;(H,6,7)(H2,4,5,8,9)/q+1;. The molecule has 1 aromatic heterocycles. The minimum Gasteiger partial charge on any atom is -0.324 e. The van der Waals surface area contributed by atoms with Crippen molar-refractivity contribution in [3.05, 3.63) is 13.8 Å². The van der Waals surface area contributed by atoms with Gasteiger partial charge in [-0.1, -0.05) is 90.0 Å². The number of unbranched alkanes of at least 4 members (excludes halogenated alkanes) is 4. The van der Waals surface area contributed by atoms with E-state index in [-0.39, 0.29) is 0 Å². The average molecular weight is 420 g/mol. The molecule has 0 spiro atoms. The second kappa shape index (κ2) is 15.7. The lowest BCUT2D eigenvalue weighted by atomic mass is 10.1. The van der Waals surface area contributed by atoms with Crippen molar-refractivity contribution in [1.29, 1.82) is 0 Å². The van der Waals surface area contributed by atoms with Crippen LogP contribution in [0, 0.1) is 13.8 Å². The molecule has 1 heterocycles. The van der Waals surface area contributed by atoms with Gasteiger partial charge in [0.05, 0.1) is 26.2 Å². The lowest BCUT2D eigenvalue weighted by Gasteiger charge is -2.39. The SMILES string of the molecule is CCCC[N+](CCCC)(CCCC)CCCC.S=c1[nH][nH][nH]c(=S)c1=S. The Labute approximate surface area is 175 Å². The molecule has 0 atom stereocenters. The Kier molecular flexibility index (Phi) is 15.4. The van der Waals surface area contributed by atoms with Gasteiger partial charge >= 0.3 is 0 Å². The number of nitrogens with zero attached hydrogens (tertiary/aromatic N) is 1. The molecule has 0 aromatic carbocycles. The van der Waals surface area contributed by atoms with E-state index in [2.05, 4.69) is 43.1 Å². The summed E-state index contributed by atoms with van der Waals surface area (Å²) in [5.74, 6) is 0. The molecule has 1 aromatic rings. The van der Waals surface area contributed by atoms with E-state index in [1.165, 1.54) is 82.0 Å². The molecule has 0 radical (unpaired) electrons. The van der Waals surface area contributed by atoms with E-state index >= 15 is 0 Å². The third-order valence-electron chi connectivity index (χ3n) is 4.71. The van der Waals surface area contributed by atoms with Crippen LogP contribution in [-0.2, 0) is 0 Å². The van der Waals surface area contributed by atoms with E-state index in [1.807, 2.05) is 0 Å². The molecular weight excluding hydrogens is 380 g/mol. The summed E-state index contributed by atoms with van der Waals surface area (Å²) in [5.41, 5.74) is 0. The lowest BCUT2D eigenvalue weighted by molar-refractivity contribution is -0.929. The van der Waals surface area contributed by atoms with E-state index < -0.39 is 0 Å². The molecule has 0 aliphatic rings. The Balaban J connectivity index is 0.000000577. The van der Waals surface area contributed by atoms with Crippen molar-refractivity contribution in [3.63, 3.8) is 0 Å². The first-order valence-corrected chi connectivity index (χ1v) is 11.4. The number of quaternary nitrogens is 1. The molecule has 1 rings (SSSR count). The van der Waals surface area contributed by atoms with Gasteiger partial charge in [0, 0.05) is 0 Å². The van der Waals surface area contributed by atoms with Crippen molar-refractivity contribution in [2.45, 2.75) is 79.1 Å². The van der Waals surface area contributed by atoms with Gasteiger partial charge < -0.3 is 4.48 Å². The van der Waals surface area contributed by atoms with Crippen molar-refractivity contribution < 1.29 is 4.48 Å². The molecular formula is C19H39N4S3+. The second-order valence-corrected chi connectivity index (χ2v) is 8.24. The van der Waals surface area contributed by atoms with Gasteiger partial charge in [0.1, 0.15) is 13.8 Å². The monoisotopic (exact) mass is 419 g/mol. The number of rotatable bonds is 12. The molecule has 0 bridgehead atoms. The Morgan fingerprint density at radius 2 is 0.923 bits per heavy atom. The zero-order chi connectivity index (χ0) is 19.8. The van der Waals surface area contributed by atoms with E-state index in [0.717, 1.165) is 0 Å². The van der Waals surface area contributed by atoms with E-state index in [1.54, 1.807) is 0 Å². The van der Waals surface area contributed by atoms with Gasteiger partial charge in [-0.15, -0.1) is 0 Å². The van der Waals surface area contributed by atoms with Gasteiger partial charge in [-0.25, -0.2) is 5.21 Å². The highest BCUT2D eigenvalue weighted by molar-refractivity contribution is 7.75. The van der Waals surface area contributed by atoms with Crippen molar-refractivity contribution in [2.24, 2.45) is 0 Å². The Morgan fingerprint density at radius 1 is 0.615 bits per heavy atom. The number of hydrogen-bond donors (Lipinski definition) is 3. The second-order valence-electron chi connectivity index (χ2n) is 7.01. The molecule has 0 aliphatic heterocycles. The van der Waals surface area contributed by atoms with E-state index in [9.17, 15) is 0 Å². The van der Waals surface area contributed by atoms with Crippen LogP contribution < -0.4 is 0 Å². The maximum atomic E-state index is 4.80. The average Bonchev–Trinajstić information content (AvgIpc) is 2.65. The van der Waals surface area contributed by atoms with Crippen molar-refractivity contribution in [1.82, 2.24) is 15.4 Å². The van der Waals surface area contributed by atoms with Crippen molar-refractivity contribution in [2.75, 3.05) is 26.2 Å². The molecule has 0 saturated carbocycles. The first-order chi connectivity index (χ1) is 12.5. The predicted molar refractivity (Wildman–Crippen MR) is 121 cm³/mol. The molecule has 3 N–H and O–H groups in total. The fraction of sp³-hybridized carbons (Fsp3) is 0.842. The Bertz CT molecular complexity index is 549. The maximum absolute atomic E-state index is 4.80. The molecule has 0 amide bonds. The molecule has 26 heavy (non-hydrogen) atoms. The molecule has 0 saturated heterocycles. The third kappa shape index (κ3) is 10.7. The molecule has 7 heteroatoms. The lowest BCUT2D eigenvalue weighted by Crippen LogP contribution is -2.50. The number of hydrogen-bond acceptors (Lipinski definition) is 3. The quantitative estimate of drug-likeness (QED) is 0.256. The van der Waals surface area contributed by atoms with Crippen LogP contribution in [0.2, 0.25) is 0 Å². The first-order valence-electron chi connectivity index (χ1n) is 10.2. The summed E-state index contributed by atoms with van der Waals surface area (Å²) >= 11 is 14.3. The highest BCUT2D eigenvalue weighted by Gasteiger charge is 2.24. The zero-order valence-corrected chi connectivity index (χ0v) is 19.6. The van der Waals surface area contributed by atoms with Gasteiger partial charge in [0.15, 0.2) is 0 Å². The summed E-state index contributed by atoms with van der Waals surface area (Å²) in [6.45, 7) is 15.0. The van der Waals surface area contributed by atoms with Crippen molar-refractivity contribution >= 4 is 36.7 Å². The van der Waals surface area contributed by atoms with Crippen molar-refractivity contribution in [3.8, 4) is 0 Å². The summed E-state index contributed by atoms with van der Waals surface area (Å²) < 4.78 is 2.84. The summed E-state index contributed by atoms with van der Waals surface area (Å²) in [5, 5.41) is 7.75. The van der Waals surface area contributed by atoms with E-state index in [4.69, 9.17) is 36.7 Å². The number of aromatic nitrogens is 3. The summed E-state index contributed by atoms with van der Waals surface area (Å²) in [7, 11) is 0. The highest BCUT2D eigenvalue weighted by Crippen LogP contribution is 2.16. The molecule has 0 fully saturated rings. The molecule has 152 valence electrons. The fourth-order valence-corrected chi connectivity index (χ4v) is 3.48. The maximum Gasteiger partial charge on any atom is 0.140 e. The van der Waals surface area contributed by atoms with Gasteiger partial charge in [0.25, 0.3) is 0 Å². The van der Waals surface area contributed by atoms with Gasteiger partial charge in [0.2, 0.25) is 0 Å². The van der Waals surface area contributed by atoms with Crippen LogP contribution in [-0.4, -0.2) is 46.1 Å². The van der Waals surface area contributed by atoms with Crippen LogP contribution in [0.1, 0.15) is 79.1 Å². The van der Waals surface area contributed by atoms with Crippen LogP contribution in [0.4, 0.5) is 0 Å². The first kappa shape index (κ1) is 25.6. The summed E-state index contributed by atoms with van der Waals surface area (Å²) in [6.07, 6.45) is 11.1. The minimum absolute atomic E-state index is 0.466. The Morgan fingerprint density at radius 3 is 1.15 bits per heavy atom. The van der Waals surface area contributed by atoms with Gasteiger partial charge in [-0.05, 0) is 25.7 Å². The van der Waals surface area contributed by atoms with E-state index in [0.29, 0.717) is 13.8 Å². The van der Waals surface area contributed by atoms with Crippen LogP contribution in [0.3, 0.4) is 0 Å². The molecule has 4 nitrogen and oxygen atoms in total. The summed E-state index contributed by atoms with van der Waals surface area (Å²) in [4.78, 5) is 0. The smallest absolute Gasteiger partial charge is 0.140 e. The minimum atomic E-state index is 0.466. The number of H-pyrrole nitrogens is 3. The predicted octanol–water partition coefficient (Wildman–Crippen LogP) is 6.86.